The highest BCUT2D eigenvalue weighted by atomic mass is 16.2. The number of benzene rings is 2. The summed E-state index contributed by atoms with van der Waals surface area (Å²) < 4.78 is 0. The minimum absolute atomic E-state index is 0.00307. The highest BCUT2D eigenvalue weighted by molar-refractivity contribution is 5.79. The Morgan fingerprint density at radius 1 is 0.765 bits per heavy atom. The maximum atomic E-state index is 12.8. The number of hydrogen-bond donors (Lipinski definition) is 2. The molecule has 0 aliphatic carbocycles. The van der Waals surface area contributed by atoms with E-state index in [2.05, 4.69) is 72.4 Å². The molecule has 2 aromatic carbocycles. The van der Waals surface area contributed by atoms with Crippen molar-refractivity contribution in [3.63, 3.8) is 0 Å². The van der Waals surface area contributed by atoms with Crippen LogP contribution in [0.5, 0.6) is 0 Å². The summed E-state index contributed by atoms with van der Waals surface area (Å²) in [7, 11) is 0. The van der Waals surface area contributed by atoms with Crippen LogP contribution in [0.4, 0.5) is 0 Å². The van der Waals surface area contributed by atoms with E-state index in [-0.39, 0.29) is 17.9 Å². The number of rotatable bonds is 10. The topological polar surface area (TPSA) is 64.7 Å². The normalized spacial score (nSPS) is 15.9. The molecule has 34 heavy (non-hydrogen) atoms. The summed E-state index contributed by atoms with van der Waals surface area (Å²) in [6.07, 6.45) is 0. The average molecular weight is 465 g/mol. The first-order valence-corrected chi connectivity index (χ1v) is 12.5. The van der Waals surface area contributed by atoms with Gasteiger partial charge in [-0.3, -0.25) is 19.4 Å². The Hall–Kier alpha value is -2.70. The van der Waals surface area contributed by atoms with Crippen LogP contribution in [0, 0.1) is 5.92 Å². The third-order valence-corrected chi connectivity index (χ3v) is 6.48. The van der Waals surface area contributed by atoms with Gasteiger partial charge in [-0.15, -0.1) is 0 Å². The highest BCUT2D eigenvalue weighted by Gasteiger charge is 2.23. The SMILES string of the molecule is CC(C)c1ccc(C(NC(=O)CN2CCN(CC(=O)NCc3ccccc3)CC2)C(C)C)cc1. The van der Waals surface area contributed by atoms with E-state index in [1.54, 1.807) is 0 Å². The van der Waals surface area contributed by atoms with Crippen LogP contribution >= 0.6 is 0 Å². The van der Waals surface area contributed by atoms with Crippen molar-refractivity contribution in [2.45, 2.75) is 46.2 Å². The number of carbonyl (C=O) groups is 2. The van der Waals surface area contributed by atoms with Crippen molar-refractivity contribution in [1.82, 2.24) is 20.4 Å². The monoisotopic (exact) mass is 464 g/mol. The van der Waals surface area contributed by atoms with Crippen molar-refractivity contribution >= 4 is 11.8 Å². The molecule has 1 heterocycles. The number of nitrogens with one attached hydrogen (secondary N) is 2. The fourth-order valence-electron chi connectivity index (χ4n) is 4.31. The lowest BCUT2D eigenvalue weighted by Crippen LogP contribution is -2.51. The summed E-state index contributed by atoms with van der Waals surface area (Å²) >= 11 is 0. The molecule has 1 fully saturated rings. The van der Waals surface area contributed by atoms with Crippen molar-refractivity contribution in [1.29, 1.82) is 0 Å². The molecule has 1 atom stereocenters. The molecule has 1 aliphatic rings. The molecule has 2 N–H and O–H groups in total. The van der Waals surface area contributed by atoms with Gasteiger partial charge in [0.2, 0.25) is 11.8 Å². The second-order valence-corrected chi connectivity index (χ2v) is 9.93. The molecule has 0 aromatic heterocycles. The predicted octanol–water partition coefficient (Wildman–Crippen LogP) is 3.56. The minimum Gasteiger partial charge on any atom is -0.351 e. The van der Waals surface area contributed by atoms with Crippen molar-refractivity contribution in [3.05, 3.63) is 71.3 Å². The Labute approximate surface area is 204 Å². The first-order valence-electron chi connectivity index (χ1n) is 12.5. The molecule has 6 heteroatoms. The van der Waals surface area contributed by atoms with Crippen molar-refractivity contribution < 1.29 is 9.59 Å². The van der Waals surface area contributed by atoms with Crippen LogP contribution in [0.2, 0.25) is 0 Å². The van der Waals surface area contributed by atoms with Gasteiger partial charge in [-0.05, 0) is 28.5 Å². The van der Waals surface area contributed by atoms with Gasteiger partial charge >= 0.3 is 0 Å². The number of carbonyl (C=O) groups excluding carboxylic acids is 2. The summed E-state index contributed by atoms with van der Waals surface area (Å²) in [5.41, 5.74) is 3.56. The fourth-order valence-corrected chi connectivity index (χ4v) is 4.31. The van der Waals surface area contributed by atoms with Gasteiger partial charge in [0.1, 0.15) is 0 Å². The standard InChI is InChI=1S/C28H40N4O2/c1-21(2)24-10-12-25(13-11-24)28(22(3)4)30-27(34)20-32-16-14-31(15-17-32)19-26(33)29-18-23-8-6-5-7-9-23/h5-13,21-22,28H,14-20H2,1-4H3,(H,29,33)(H,30,34). The molecule has 2 amide bonds. The van der Waals surface area contributed by atoms with E-state index < -0.39 is 0 Å². The summed E-state index contributed by atoms with van der Waals surface area (Å²) in [6, 6.07) is 18.5. The van der Waals surface area contributed by atoms with Crippen molar-refractivity contribution in [2.24, 2.45) is 5.92 Å². The molecule has 0 spiro atoms. The zero-order chi connectivity index (χ0) is 24.5. The molecular weight excluding hydrogens is 424 g/mol. The van der Waals surface area contributed by atoms with Gasteiger partial charge in [-0.1, -0.05) is 82.3 Å². The van der Waals surface area contributed by atoms with Crippen LogP contribution in [0.25, 0.3) is 0 Å². The second kappa shape index (κ2) is 12.7. The molecule has 1 unspecified atom stereocenters. The Kier molecular flexibility index (Phi) is 9.66. The van der Waals surface area contributed by atoms with Gasteiger partial charge in [0.25, 0.3) is 0 Å². The highest BCUT2D eigenvalue weighted by Crippen LogP contribution is 2.24. The summed E-state index contributed by atoms with van der Waals surface area (Å²) in [6.45, 7) is 13.1. The quantitative estimate of drug-likeness (QED) is 0.564. The van der Waals surface area contributed by atoms with Crippen LogP contribution in [0.15, 0.2) is 54.6 Å². The maximum Gasteiger partial charge on any atom is 0.234 e. The second-order valence-electron chi connectivity index (χ2n) is 9.93. The largest absolute Gasteiger partial charge is 0.351 e. The molecule has 0 radical (unpaired) electrons. The number of piperazine rings is 1. The number of hydrogen-bond acceptors (Lipinski definition) is 4. The molecule has 6 nitrogen and oxygen atoms in total. The summed E-state index contributed by atoms with van der Waals surface area (Å²) in [5, 5.41) is 6.23. The predicted molar refractivity (Wildman–Crippen MR) is 137 cm³/mol. The van der Waals surface area contributed by atoms with E-state index in [0.29, 0.717) is 31.5 Å². The number of amides is 2. The number of nitrogens with zero attached hydrogens (tertiary/aromatic N) is 2. The van der Waals surface area contributed by atoms with Gasteiger partial charge in [-0.25, -0.2) is 0 Å². The van der Waals surface area contributed by atoms with Gasteiger partial charge in [0, 0.05) is 32.7 Å². The van der Waals surface area contributed by atoms with E-state index in [9.17, 15) is 9.59 Å². The van der Waals surface area contributed by atoms with Crippen LogP contribution < -0.4 is 10.6 Å². The Bertz CT molecular complexity index is 904. The van der Waals surface area contributed by atoms with Crippen LogP contribution in [-0.2, 0) is 16.1 Å². The third kappa shape index (κ3) is 7.96. The lowest BCUT2D eigenvalue weighted by Gasteiger charge is -2.34. The molecule has 1 saturated heterocycles. The molecule has 184 valence electrons. The van der Waals surface area contributed by atoms with Crippen LogP contribution in [-0.4, -0.2) is 60.9 Å². The van der Waals surface area contributed by atoms with E-state index in [1.807, 2.05) is 30.3 Å². The van der Waals surface area contributed by atoms with Gasteiger partial charge in [0.05, 0.1) is 19.1 Å². The zero-order valence-electron chi connectivity index (χ0n) is 21.1. The van der Waals surface area contributed by atoms with Crippen LogP contribution in [0.3, 0.4) is 0 Å². The Balaban J connectivity index is 1.41. The van der Waals surface area contributed by atoms with E-state index in [4.69, 9.17) is 0 Å². The molecule has 3 rings (SSSR count). The first kappa shape index (κ1) is 25.9. The summed E-state index contributed by atoms with van der Waals surface area (Å²) in [5.74, 6) is 0.897. The maximum absolute atomic E-state index is 12.8. The third-order valence-electron chi connectivity index (χ3n) is 6.48. The Morgan fingerprint density at radius 2 is 1.29 bits per heavy atom. The van der Waals surface area contributed by atoms with Gasteiger partial charge in [0.15, 0.2) is 0 Å². The van der Waals surface area contributed by atoms with E-state index in [0.717, 1.165) is 37.3 Å². The fraction of sp³-hybridized carbons (Fsp3) is 0.500. The molecular formula is C28H40N4O2. The lowest BCUT2D eigenvalue weighted by atomic mass is 9.93. The smallest absolute Gasteiger partial charge is 0.234 e. The Morgan fingerprint density at radius 3 is 1.82 bits per heavy atom. The minimum atomic E-state index is 0.00307. The van der Waals surface area contributed by atoms with Gasteiger partial charge < -0.3 is 10.6 Å². The molecule has 0 bridgehead atoms. The average Bonchev–Trinajstić information content (AvgIpc) is 2.83. The van der Waals surface area contributed by atoms with E-state index >= 15 is 0 Å². The van der Waals surface area contributed by atoms with E-state index in [1.165, 1.54) is 5.56 Å². The molecule has 0 saturated carbocycles. The van der Waals surface area contributed by atoms with Crippen LogP contribution in [0.1, 0.15) is 56.3 Å². The zero-order valence-corrected chi connectivity index (χ0v) is 21.1. The molecule has 2 aromatic rings. The summed E-state index contributed by atoms with van der Waals surface area (Å²) in [4.78, 5) is 29.4. The lowest BCUT2D eigenvalue weighted by molar-refractivity contribution is -0.125. The first-order chi connectivity index (χ1) is 16.3. The van der Waals surface area contributed by atoms with Gasteiger partial charge in [-0.2, -0.15) is 0 Å². The van der Waals surface area contributed by atoms with Crippen molar-refractivity contribution in [3.8, 4) is 0 Å². The van der Waals surface area contributed by atoms with Crippen molar-refractivity contribution in [2.75, 3.05) is 39.3 Å². The molecule has 1 aliphatic heterocycles.